The Morgan fingerprint density at radius 3 is 2.45 bits per heavy atom. The van der Waals surface area contributed by atoms with Gasteiger partial charge in [-0.05, 0) is 27.1 Å². The molecule has 3 rings (SSSR count). The van der Waals surface area contributed by atoms with Crippen LogP contribution in [0.15, 0.2) is 54.6 Å². The number of rotatable bonds is 3. The largest absolute Gasteiger partial charge is 0.456 e. The second-order valence-electron chi connectivity index (χ2n) is 5.27. The quantitative estimate of drug-likeness (QED) is 0.518. The van der Waals surface area contributed by atoms with Crippen molar-refractivity contribution < 1.29 is 18.3 Å². The minimum atomic E-state index is -3.48. The van der Waals surface area contributed by atoms with Crippen molar-refractivity contribution in [2.75, 3.05) is 0 Å². The van der Waals surface area contributed by atoms with Crippen molar-refractivity contribution in [1.29, 1.82) is 0 Å². The zero-order chi connectivity index (χ0) is 15.7. The van der Waals surface area contributed by atoms with Crippen LogP contribution in [0.3, 0.4) is 0 Å². The van der Waals surface area contributed by atoms with E-state index >= 15 is 0 Å². The Kier molecular flexibility index (Phi) is 3.53. The fourth-order valence-electron chi connectivity index (χ4n) is 2.53. The van der Waals surface area contributed by atoms with Crippen LogP contribution in [0.25, 0.3) is 21.5 Å². The predicted octanol–water partition coefficient (Wildman–Crippen LogP) is 4.69. The molecular weight excluding hydrogens is 286 g/mol. The lowest BCUT2D eigenvalue weighted by atomic mass is 9.98. The molecule has 0 unspecified atom stereocenters. The Bertz CT molecular complexity index is 850. The van der Waals surface area contributed by atoms with E-state index in [9.17, 15) is 13.6 Å². The molecule has 0 saturated carbocycles. The van der Waals surface area contributed by atoms with Crippen LogP contribution in [-0.2, 0) is 16.1 Å². The van der Waals surface area contributed by atoms with Crippen LogP contribution in [0, 0.1) is 0 Å². The highest BCUT2D eigenvalue weighted by atomic mass is 19.3. The normalized spacial score (nSPS) is 11.8. The molecule has 0 saturated heterocycles. The Balaban J connectivity index is 2.06. The van der Waals surface area contributed by atoms with E-state index in [2.05, 4.69) is 0 Å². The van der Waals surface area contributed by atoms with Crippen molar-refractivity contribution in [3.8, 4) is 0 Å². The molecule has 0 aliphatic rings. The molecule has 0 spiro atoms. The third kappa shape index (κ3) is 2.64. The van der Waals surface area contributed by atoms with Crippen molar-refractivity contribution in [3.63, 3.8) is 0 Å². The number of carbonyl (C=O) groups excluding carboxylic acids is 1. The molecule has 0 radical (unpaired) electrons. The van der Waals surface area contributed by atoms with Gasteiger partial charge in [-0.2, -0.15) is 8.78 Å². The Morgan fingerprint density at radius 2 is 1.68 bits per heavy atom. The van der Waals surface area contributed by atoms with Crippen LogP contribution in [0.4, 0.5) is 8.78 Å². The molecule has 0 aromatic heterocycles. The number of ether oxygens (including phenoxy) is 1. The maximum Gasteiger partial charge on any atom is 0.376 e. The molecule has 112 valence electrons. The van der Waals surface area contributed by atoms with Gasteiger partial charge in [0.2, 0.25) is 0 Å². The first-order chi connectivity index (χ1) is 10.5. The number of esters is 1. The lowest BCUT2D eigenvalue weighted by molar-refractivity contribution is -0.170. The third-order valence-electron chi connectivity index (χ3n) is 3.57. The average molecular weight is 300 g/mol. The maximum absolute atomic E-state index is 12.9. The minimum Gasteiger partial charge on any atom is -0.456 e. The Hall–Kier alpha value is -2.49. The van der Waals surface area contributed by atoms with Crippen molar-refractivity contribution in [1.82, 2.24) is 0 Å². The summed E-state index contributed by atoms with van der Waals surface area (Å²) in [6.45, 7) is 0.363. The summed E-state index contributed by atoms with van der Waals surface area (Å²) in [4.78, 5) is 11.3. The predicted molar refractivity (Wildman–Crippen MR) is 81.9 cm³/mol. The standard InChI is InChI=1S/C18H14F2O2/c1-18(19,20)17(21)22-11-14-7-4-6-13-10-9-12-5-2-3-8-15(12)16(13)14/h2-10H,11H2,1H3. The number of fused-ring (bicyclic) bond motifs is 3. The fraction of sp³-hybridized carbons (Fsp3) is 0.167. The van der Waals surface area contributed by atoms with Crippen LogP contribution in [0.1, 0.15) is 12.5 Å². The van der Waals surface area contributed by atoms with Crippen molar-refractivity contribution >= 4 is 27.5 Å². The van der Waals surface area contributed by atoms with E-state index in [-0.39, 0.29) is 6.61 Å². The first-order valence-corrected chi connectivity index (χ1v) is 6.91. The average Bonchev–Trinajstić information content (AvgIpc) is 2.51. The van der Waals surface area contributed by atoms with Gasteiger partial charge in [0.25, 0.3) is 0 Å². The van der Waals surface area contributed by atoms with E-state index in [1.807, 2.05) is 48.5 Å². The van der Waals surface area contributed by atoms with Gasteiger partial charge in [0, 0.05) is 6.92 Å². The molecule has 0 atom stereocenters. The highest BCUT2D eigenvalue weighted by molar-refractivity contribution is 6.09. The van der Waals surface area contributed by atoms with E-state index in [0.717, 1.165) is 21.5 Å². The number of halogens is 2. The van der Waals surface area contributed by atoms with Gasteiger partial charge in [-0.1, -0.05) is 54.6 Å². The van der Waals surface area contributed by atoms with Crippen LogP contribution in [-0.4, -0.2) is 11.9 Å². The summed E-state index contributed by atoms with van der Waals surface area (Å²) < 4.78 is 30.6. The van der Waals surface area contributed by atoms with Crippen LogP contribution < -0.4 is 0 Å². The van der Waals surface area contributed by atoms with Crippen molar-refractivity contribution in [3.05, 3.63) is 60.2 Å². The first kappa shape index (κ1) is 14.4. The van der Waals surface area contributed by atoms with Gasteiger partial charge in [-0.3, -0.25) is 0 Å². The second-order valence-corrected chi connectivity index (χ2v) is 5.27. The lowest BCUT2D eigenvalue weighted by Gasteiger charge is -2.13. The molecule has 0 amide bonds. The molecule has 2 nitrogen and oxygen atoms in total. The van der Waals surface area contributed by atoms with Gasteiger partial charge >= 0.3 is 11.9 Å². The van der Waals surface area contributed by atoms with Gasteiger partial charge in [-0.25, -0.2) is 4.79 Å². The van der Waals surface area contributed by atoms with Gasteiger partial charge in [0.15, 0.2) is 0 Å². The van der Waals surface area contributed by atoms with E-state index < -0.39 is 11.9 Å². The van der Waals surface area contributed by atoms with Gasteiger partial charge in [0.05, 0.1) is 0 Å². The maximum atomic E-state index is 12.9. The summed E-state index contributed by atoms with van der Waals surface area (Å²) in [5.41, 5.74) is 0.715. The molecule has 3 aromatic rings. The van der Waals surface area contributed by atoms with Crippen molar-refractivity contribution in [2.24, 2.45) is 0 Å². The van der Waals surface area contributed by atoms with Gasteiger partial charge in [0.1, 0.15) is 6.61 Å². The number of alkyl halides is 2. The third-order valence-corrected chi connectivity index (χ3v) is 3.57. The molecule has 3 aromatic carbocycles. The van der Waals surface area contributed by atoms with E-state index in [0.29, 0.717) is 12.5 Å². The smallest absolute Gasteiger partial charge is 0.376 e. The number of carbonyl (C=O) groups is 1. The molecule has 22 heavy (non-hydrogen) atoms. The zero-order valence-electron chi connectivity index (χ0n) is 12.0. The minimum absolute atomic E-state index is 0.173. The Labute approximate surface area is 126 Å². The summed E-state index contributed by atoms with van der Waals surface area (Å²) in [5.74, 6) is -4.99. The summed E-state index contributed by atoms with van der Waals surface area (Å²) >= 11 is 0. The summed E-state index contributed by atoms with van der Waals surface area (Å²) in [5, 5.41) is 3.97. The fourth-order valence-corrected chi connectivity index (χ4v) is 2.53. The SMILES string of the molecule is CC(F)(F)C(=O)OCc1cccc2ccc3ccccc3c12. The monoisotopic (exact) mass is 300 g/mol. The molecule has 0 heterocycles. The summed E-state index contributed by atoms with van der Waals surface area (Å²) in [6.07, 6.45) is 0. The zero-order valence-corrected chi connectivity index (χ0v) is 12.0. The van der Waals surface area contributed by atoms with E-state index in [4.69, 9.17) is 4.74 Å². The van der Waals surface area contributed by atoms with Crippen LogP contribution >= 0.6 is 0 Å². The second kappa shape index (κ2) is 5.37. The highest BCUT2D eigenvalue weighted by Crippen LogP contribution is 2.29. The number of hydrogen-bond acceptors (Lipinski definition) is 2. The lowest BCUT2D eigenvalue weighted by Crippen LogP contribution is -2.26. The van der Waals surface area contributed by atoms with Gasteiger partial charge < -0.3 is 4.74 Å². The highest BCUT2D eigenvalue weighted by Gasteiger charge is 2.34. The molecule has 0 aliphatic carbocycles. The van der Waals surface area contributed by atoms with Crippen molar-refractivity contribution in [2.45, 2.75) is 19.5 Å². The van der Waals surface area contributed by atoms with Crippen LogP contribution in [0.5, 0.6) is 0 Å². The number of hydrogen-bond donors (Lipinski definition) is 0. The Morgan fingerprint density at radius 1 is 1.00 bits per heavy atom. The summed E-state index contributed by atoms with van der Waals surface area (Å²) in [7, 11) is 0. The van der Waals surface area contributed by atoms with E-state index in [1.54, 1.807) is 6.07 Å². The molecule has 0 N–H and O–H groups in total. The topological polar surface area (TPSA) is 26.3 Å². The number of benzene rings is 3. The first-order valence-electron chi connectivity index (χ1n) is 6.91. The van der Waals surface area contributed by atoms with Crippen LogP contribution in [0.2, 0.25) is 0 Å². The molecule has 0 fully saturated rings. The molecule has 4 heteroatoms. The summed E-state index contributed by atoms with van der Waals surface area (Å²) in [6, 6.07) is 17.3. The molecular formula is C18H14F2O2. The van der Waals surface area contributed by atoms with E-state index in [1.165, 1.54) is 0 Å². The molecule has 0 bridgehead atoms. The molecule has 0 aliphatic heterocycles. The van der Waals surface area contributed by atoms with Gasteiger partial charge in [-0.15, -0.1) is 0 Å².